The fraction of sp³-hybridized carbons (Fsp3) is 0.176. The van der Waals surface area contributed by atoms with E-state index in [1.807, 2.05) is 48.5 Å². The molecule has 112 valence electrons. The number of amides is 1. The molecule has 0 saturated heterocycles. The number of thioether (sulfide) groups is 1. The zero-order valence-corrected chi connectivity index (χ0v) is 14.9. The minimum Gasteiger partial charge on any atom is -0.351 e. The number of carbonyl (C=O) groups is 1. The van der Waals surface area contributed by atoms with Gasteiger partial charge in [0, 0.05) is 27.2 Å². The Morgan fingerprint density at radius 2 is 2.05 bits per heavy atom. The Bertz CT molecular complexity index is 697. The van der Waals surface area contributed by atoms with Crippen molar-refractivity contribution in [1.29, 1.82) is 5.26 Å². The second kappa shape index (κ2) is 8.81. The molecule has 22 heavy (non-hydrogen) atoms. The van der Waals surface area contributed by atoms with Gasteiger partial charge in [-0.3, -0.25) is 4.79 Å². The molecule has 0 heterocycles. The van der Waals surface area contributed by atoms with Gasteiger partial charge < -0.3 is 5.32 Å². The van der Waals surface area contributed by atoms with Gasteiger partial charge in [0.15, 0.2) is 0 Å². The van der Waals surface area contributed by atoms with Crippen LogP contribution in [0.1, 0.15) is 21.5 Å². The largest absolute Gasteiger partial charge is 0.351 e. The smallest absolute Gasteiger partial charge is 0.251 e. The van der Waals surface area contributed by atoms with Gasteiger partial charge in [-0.15, -0.1) is 0 Å². The highest BCUT2D eigenvalue weighted by Crippen LogP contribution is 2.15. The molecule has 0 fully saturated rings. The van der Waals surface area contributed by atoms with Crippen molar-refractivity contribution in [2.24, 2.45) is 0 Å². The van der Waals surface area contributed by atoms with Crippen molar-refractivity contribution < 1.29 is 4.79 Å². The van der Waals surface area contributed by atoms with Crippen LogP contribution in [0.4, 0.5) is 0 Å². The van der Waals surface area contributed by atoms with Crippen molar-refractivity contribution in [3.05, 3.63) is 68.8 Å². The molecule has 0 bridgehead atoms. The second-order valence-electron chi connectivity index (χ2n) is 4.59. The first-order valence-corrected chi connectivity index (χ1v) is 9.03. The van der Waals surface area contributed by atoms with Crippen LogP contribution in [0.3, 0.4) is 0 Å². The van der Waals surface area contributed by atoms with E-state index in [1.165, 1.54) is 0 Å². The van der Waals surface area contributed by atoms with E-state index in [2.05, 4.69) is 34.0 Å². The maximum absolute atomic E-state index is 12.0. The molecular formula is C17H15IN2OS. The third-order valence-electron chi connectivity index (χ3n) is 3.01. The third-order valence-corrected chi connectivity index (χ3v) is 4.69. The van der Waals surface area contributed by atoms with Crippen LogP contribution in [-0.2, 0) is 5.75 Å². The van der Waals surface area contributed by atoms with Crippen molar-refractivity contribution in [1.82, 2.24) is 5.32 Å². The molecule has 2 aromatic carbocycles. The Hall–Kier alpha value is -1.52. The highest BCUT2D eigenvalue weighted by atomic mass is 127. The van der Waals surface area contributed by atoms with Crippen molar-refractivity contribution >= 4 is 40.3 Å². The molecule has 0 aliphatic carbocycles. The normalized spacial score (nSPS) is 10.0. The summed E-state index contributed by atoms with van der Waals surface area (Å²) in [5.74, 6) is 1.55. The summed E-state index contributed by atoms with van der Waals surface area (Å²) in [5, 5.41) is 11.9. The van der Waals surface area contributed by atoms with Gasteiger partial charge in [-0.1, -0.05) is 24.3 Å². The molecule has 0 radical (unpaired) electrons. The summed E-state index contributed by atoms with van der Waals surface area (Å²) in [6.07, 6.45) is 0. The van der Waals surface area contributed by atoms with E-state index in [1.54, 1.807) is 11.8 Å². The quantitative estimate of drug-likeness (QED) is 0.569. The Morgan fingerprint density at radius 3 is 2.82 bits per heavy atom. The number of hydrogen-bond acceptors (Lipinski definition) is 3. The minimum atomic E-state index is -0.0449. The number of carbonyl (C=O) groups excluding carboxylic acids is 1. The summed E-state index contributed by atoms with van der Waals surface area (Å²) >= 11 is 3.90. The van der Waals surface area contributed by atoms with Gasteiger partial charge in [-0.25, -0.2) is 0 Å². The van der Waals surface area contributed by atoms with E-state index in [4.69, 9.17) is 5.26 Å². The van der Waals surface area contributed by atoms with Crippen LogP contribution < -0.4 is 5.32 Å². The average molecular weight is 422 g/mol. The summed E-state index contributed by atoms with van der Waals surface area (Å²) in [4.78, 5) is 12.0. The van der Waals surface area contributed by atoms with Gasteiger partial charge >= 0.3 is 0 Å². The van der Waals surface area contributed by atoms with Crippen molar-refractivity contribution in [2.75, 3.05) is 12.3 Å². The number of rotatable bonds is 6. The van der Waals surface area contributed by atoms with Gasteiger partial charge in [0.25, 0.3) is 5.91 Å². The summed E-state index contributed by atoms with van der Waals surface area (Å²) in [7, 11) is 0. The summed E-state index contributed by atoms with van der Waals surface area (Å²) in [5.41, 5.74) is 2.45. The van der Waals surface area contributed by atoms with Crippen LogP contribution >= 0.6 is 34.4 Å². The molecule has 2 aromatic rings. The maximum Gasteiger partial charge on any atom is 0.251 e. The Kier molecular flexibility index (Phi) is 6.74. The fourth-order valence-electron chi connectivity index (χ4n) is 1.91. The second-order valence-corrected chi connectivity index (χ2v) is 6.94. The van der Waals surface area contributed by atoms with E-state index in [9.17, 15) is 4.79 Å². The standard InChI is InChI=1S/C17H15IN2OS/c18-16-7-3-6-13(10-16)17(21)20-8-9-22-12-15-5-2-1-4-14(15)11-19/h1-7,10H,8-9,12H2,(H,20,21). The average Bonchev–Trinajstić information content (AvgIpc) is 2.54. The predicted molar refractivity (Wildman–Crippen MR) is 98.8 cm³/mol. The van der Waals surface area contributed by atoms with Gasteiger partial charge in [0.05, 0.1) is 11.6 Å². The van der Waals surface area contributed by atoms with E-state index in [-0.39, 0.29) is 5.91 Å². The lowest BCUT2D eigenvalue weighted by Crippen LogP contribution is -2.25. The topological polar surface area (TPSA) is 52.9 Å². The zero-order valence-electron chi connectivity index (χ0n) is 11.9. The molecule has 0 aliphatic heterocycles. The lowest BCUT2D eigenvalue weighted by molar-refractivity contribution is 0.0956. The predicted octanol–water partition coefficient (Wildman–Crippen LogP) is 3.83. The molecule has 0 atom stereocenters. The first-order valence-electron chi connectivity index (χ1n) is 6.80. The Balaban J connectivity index is 1.74. The van der Waals surface area contributed by atoms with E-state index in [0.29, 0.717) is 12.1 Å². The molecule has 3 nitrogen and oxygen atoms in total. The number of hydrogen-bond donors (Lipinski definition) is 1. The molecule has 0 spiro atoms. The van der Waals surface area contributed by atoms with Gasteiger partial charge in [-0.2, -0.15) is 17.0 Å². The molecule has 1 amide bonds. The molecular weight excluding hydrogens is 407 g/mol. The van der Waals surface area contributed by atoms with Crippen LogP contribution in [0.2, 0.25) is 0 Å². The minimum absolute atomic E-state index is 0.0449. The molecule has 1 N–H and O–H groups in total. The molecule has 5 heteroatoms. The van der Waals surface area contributed by atoms with Crippen LogP contribution in [0.25, 0.3) is 0 Å². The molecule has 2 rings (SSSR count). The first kappa shape index (κ1) is 16.8. The van der Waals surface area contributed by atoms with Gasteiger partial charge in [0.2, 0.25) is 0 Å². The van der Waals surface area contributed by atoms with E-state index >= 15 is 0 Å². The number of nitriles is 1. The Labute approximate surface area is 148 Å². The number of nitrogens with one attached hydrogen (secondary N) is 1. The number of halogens is 1. The summed E-state index contributed by atoms with van der Waals surface area (Å²) in [6.45, 7) is 0.615. The molecule has 0 unspecified atom stereocenters. The molecule has 0 aliphatic rings. The van der Waals surface area contributed by atoms with Crippen molar-refractivity contribution in [3.63, 3.8) is 0 Å². The lowest BCUT2D eigenvalue weighted by atomic mass is 10.1. The number of nitrogens with zero attached hydrogens (tertiary/aromatic N) is 1. The lowest BCUT2D eigenvalue weighted by Gasteiger charge is -2.06. The van der Waals surface area contributed by atoms with E-state index in [0.717, 1.165) is 26.2 Å². The molecule has 0 aromatic heterocycles. The SMILES string of the molecule is N#Cc1ccccc1CSCCNC(=O)c1cccc(I)c1. The van der Waals surface area contributed by atoms with Crippen LogP contribution in [0, 0.1) is 14.9 Å². The zero-order chi connectivity index (χ0) is 15.8. The van der Waals surface area contributed by atoms with Crippen molar-refractivity contribution in [3.8, 4) is 6.07 Å². The van der Waals surface area contributed by atoms with Crippen LogP contribution in [-0.4, -0.2) is 18.2 Å². The fourth-order valence-corrected chi connectivity index (χ4v) is 3.31. The van der Waals surface area contributed by atoms with E-state index < -0.39 is 0 Å². The third kappa shape index (κ3) is 5.04. The first-order chi connectivity index (χ1) is 10.7. The summed E-state index contributed by atoms with van der Waals surface area (Å²) in [6, 6.07) is 17.3. The van der Waals surface area contributed by atoms with Crippen LogP contribution in [0.15, 0.2) is 48.5 Å². The van der Waals surface area contributed by atoms with Crippen molar-refractivity contribution in [2.45, 2.75) is 5.75 Å². The van der Waals surface area contributed by atoms with Gasteiger partial charge in [-0.05, 0) is 52.4 Å². The maximum atomic E-state index is 12.0. The number of benzene rings is 2. The van der Waals surface area contributed by atoms with Gasteiger partial charge in [0.1, 0.15) is 0 Å². The monoisotopic (exact) mass is 422 g/mol. The molecule has 0 saturated carbocycles. The van der Waals surface area contributed by atoms with Crippen LogP contribution in [0.5, 0.6) is 0 Å². The summed E-state index contributed by atoms with van der Waals surface area (Å²) < 4.78 is 1.05. The Morgan fingerprint density at radius 1 is 1.23 bits per heavy atom. The highest BCUT2D eigenvalue weighted by molar-refractivity contribution is 14.1. The highest BCUT2D eigenvalue weighted by Gasteiger charge is 2.05.